The van der Waals surface area contributed by atoms with Gasteiger partial charge < -0.3 is 20.3 Å². The van der Waals surface area contributed by atoms with Gasteiger partial charge in [0.2, 0.25) is 0 Å². The van der Waals surface area contributed by atoms with Gasteiger partial charge in [-0.2, -0.15) is 0 Å². The predicted octanol–water partition coefficient (Wildman–Crippen LogP) is 2.52. The first-order valence-corrected chi connectivity index (χ1v) is 9.39. The fourth-order valence-corrected chi connectivity index (χ4v) is 3.47. The van der Waals surface area contributed by atoms with Crippen LogP contribution in [-0.2, 0) is 4.74 Å². The van der Waals surface area contributed by atoms with Crippen LogP contribution >= 0.6 is 24.0 Å². The Morgan fingerprint density at radius 1 is 1.29 bits per heavy atom. The van der Waals surface area contributed by atoms with E-state index < -0.39 is 0 Å². The third-order valence-electron chi connectivity index (χ3n) is 5.04. The van der Waals surface area contributed by atoms with E-state index in [0.29, 0.717) is 6.04 Å². The molecule has 2 fully saturated rings. The molecule has 138 valence electrons. The molecule has 2 heterocycles. The van der Waals surface area contributed by atoms with Gasteiger partial charge >= 0.3 is 0 Å². The van der Waals surface area contributed by atoms with E-state index in [-0.39, 0.29) is 24.0 Å². The maximum atomic E-state index is 5.36. The molecule has 0 bridgehead atoms. The van der Waals surface area contributed by atoms with Gasteiger partial charge in [-0.05, 0) is 45.4 Å². The number of piperidine rings is 1. The van der Waals surface area contributed by atoms with Crippen molar-refractivity contribution < 1.29 is 4.74 Å². The second-order valence-corrected chi connectivity index (χ2v) is 6.88. The van der Waals surface area contributed by atoms with E-state index in [1.54, 1.807) is 0 Å². The SMILES string of the molecule is CCNC(=NCCC1=CCOCC1)NC1CCN(C2CC2)CC1.I. The van der Waals surface area contributed by atoms with Crippen LogP contribution in [0.1, 0.15) is 45.4 Å². The zero-order valence-corrected chi connectivity index (χ0v) is 17.3. The maximum absolute atomic E-state index is 5.36. The molecule has 1 saturated carbocycles. The molecule has 24 heavy (non-hydrogen) atoms. The first-order chi connectivity index (χ1) is 11.3. The molecule has 3 rings (SSSR count). The zero-order valence-electron chi connectivity index (χ0n) is 14.9. The number of likely N-dealkylation sites (tertiary alicyclic amines) is 1. The van der Waals surface area contributed by atoms with Crippen molar-refractivity contribution in [1.29, 1.82) is 0 Å². The fourth-order valence-electron chi connectivity index (χ4n) is 3.47. The number of ether oxygens (including phenoxy) is 1. The Morgan fingerprint density at radius 2 is 2.08 bits per heavy atom. The van der Waals surface area contributed by atoms with Crippen molar-refractivity contribution in [3.8, 4) is 0 Å². The van der Waals surface area contributed by atoms with Gasteiger partial charge in [-0.3, -0.25) is 4.99 Å². The quantitative estimate of drug-likeness (QED) is 0.284. The third-order valence-corrected chi connectivity index (χ3v) is 5.04. The molecule has 0 atom stereocenters. The number of halogens is 1. The number of rotatable bonds is 6. The van der Waals surface area contributed by atoms with Crippen molar-refractivity contribution in [2.75, 3.05) is 39.4 Å². The number of nitrogens with zero attached hydrogens (tertiary/aromatic N) is 2. The average molecular weight is 448 g/mol. The van der Waals surface area contributed by atoms with Crippen molar-refractivity contribution >= 4 is 29.9 Å². The van der Waals surface area contributed by atoms with Gasteiger partial charge in [0.15, 0.2) is 5.96 Å². The van der Waals surface area contributed by atoms with Crippen LogP contribution in [-0.4, -0.2) is 62.3 Å². The van der Waals surface area contributed by atoms with Crippen LogP contribution in [0.3, 0.4) is 0 Å². The molecule has 1 aliphatic carbocycles. The van der Waals surface area contributed by atoms with Gasteiger partial charge in [0.1, 0.15) is 0 Å². The summed E-state index contributed by atoms with van der Waals surface area (Å²) in [6, 6.07) is 1.48. The highest BCUT2D eigenvalue weighted by molar-refractivity contribution is 14.0. The summed E-state index contributed by atoms with van der Waals surface area (Å²) in [5.74, 6) is 0.991. The lowest BCUT2D eigenvalue weighted by molar-refractivity contribution is 0.153. The second kappa shape index (κ2) is 10.6. The van der Waals surface area contributed by atoms with Gasteiger partial charge in [-0.15, -0.1) is 24.0 Å². The van der Waals surface area contributed by atoms with E-state index in [9.17, 15) is 0 Å². The first kappa shape index (κ1) is 20.0. The van der Waals surface area contributed by atoms with E-state index in [1.165, 1.54) is 44.3 Å². The standard InChI is InChI=1S/C18H32N4O.HI/c1-2-19-18(20-10-5-15-8-13-23-14-9-15)21-16-6-11-22(12-7-16)17-3-4-17;/h8,16-17H,2-7,9-14H2,1H3,(H2,19,20,21);1H. The van der Waals surface area contributed by atoms with Crippen LogP contribution in [0.5, 0.6) is 0 Å². The molecule has 0 aromatic rings. The van der Waals surface area contributed by atoms with Crippen LogP contribution in [0.25, 0.3) is 0 Å². The number of hydrogen-bond donors (Lipinski definition) is 2. The third kappa shape index (κ3) is 6.52. The number of hydrogen-bond acceptors (Lipinski definition) is 3. The van der Waals surface area contributed by atoms with Crippen LogP contribution in [0.4, 0.5) is 0 Å². The molecule has 5 nitrogen and oxygen atoms in total. The van der Waals surface area contributed by atoms with Crippen LogP contribution in [0.15, 0.2) is 16.6 Å². The highest BCUT2D eigenvalue weighted by atomic mass is 127. The van der Waals surface area contributed by atoms with E-state index in [1.807, 2.05) is 0 Å². The Kier molecular flexibility index (Phi) is 8.83. The molecule has 2 N–H and O–H groups in total. The summed E-state index contributed by atoms with van der Waals surface area (Å²) in [6.07, 6.45) is 9.66. The smallest absolute Gasteiger partial charge is 0.191 e. The van der Waals surface area contributed by atoms with Crippen LogP contribution in [0, 0.1) is 0 Å². The second-order valence-electron chi connectivity index (χ2n) is 6.88. The maximum Gasteiger partial charge on any atom is 0.191 e. The van der Waals surface area contributed by atoms with Crippen LogP contribution < -0.4 is 10.6 Å². The number of guanidine groups is 1. The first-order valence-electron chi connectivity index (χ1n) is 9.39. The Morgan fingerprint density at radius 3 is 2.71 bits per heavy atom. The summed E-state index contributed by atoms with van der Waals surface area (Å²) in [7, 11) is 0. The number of nitrogens with one attached hydrogen (secondary N) is 2. The Hall–Kier alpha value is -0.340. The lowest BCUT2D eigenvalue weighted by atomic mass is 10.1. The molecule has 0 aromatic heterocycles. The molecule has 6 heteroatoms. The lowest BCUT2D eigenvalue weighted by Gasteiger charge is -2.33. The van der Waals surface area contributed by atoms with Crippen LogP contribution in [0.2, 0.25) is 0 Å². The molecule has 0 spiro atoms. The van der Waals surface area contributed by atoms with E-state index in [0.717, 1.165) is 51.1 Å². The van der Waals surface area contributed by atoms with Gasteiger partial charge in [0, 0.05) is 38.3 Å². The highest BCUT2D eigenvalue weighted by Crippen LogP contribution is 2.29. The summed E-state index contributed by atoms with van der Waals surface area (Å²) in [5.41, 5.74) is 1.49. The molecule has 0 unspecified atom stereocenters. The molecule has 2 aliphatic heterocycles. The molecule has 3 aliphatic rings. The molecular formula is C18H33IN4O. The minimum atomic E-state index is 0. The molecular weight excluding hydrogens is 415 g/mol. The largest absolute Gasteiger partial charge is 0.377 e. The molecule has 0 aromatic carbocycles. The zero-order chi connectivity index (χ0) is 15.9. The number of aliphatic imine (C=N–C) groups is 1. The van der Waals surface area contributed by atoms with Crippen molar-refractivity contribution in [3.63, 3.8) is 0 Å². The molecule has 1 saturated heterocycles. The minimum Gasteiger partial charge on any atom is -0.377 e. The van der Waals surface area contributed by atoms with Gasteiger partial charge in [0.25, 0.3) is 0 Å². The van der Waals surface area contributed by atoms with Gasteiger partial charge in [0.05, 0.1) is 13.2 Å². The van der Waals surface area contributed by atoms with E-state index in [4.69, 9.17) is 9.73 Å². The van der Waals surface area contributed by atoms with Crippen molar-refractivity contribution in [1.82, 2.24) is 15.5 Å². The Balaban J connectivity index is 0.00000208. The fraction of sp³-hybridized carbons (Fsp3) is 0.833. The molecule has 0 radical (unpaired) electrons. The van der Waals surface area contributed by atoms with E-state index in [2.05, 4.69) is 28.5 Å². The normalized spacial score (nSPS) is 23.4. The topological polar surface area (TPSA) is 48.9 Å². The molecule has 0 amide bonds. The summed E-state index contributed by atoms with van der Waals surface area (Å²) < 4.78 is 5.36. The Labute approximate surface area is 163 Å². The van der Waals surface area contributed by atoms with Gasteiger partial charge in [-0.25, -0.2) is 0 Å². The monoisotopic (exact) mass is 448 g/mol. The average Bonchev–Trinajstić information content (AvgIpc) is 3.42. The summed E-state index contributed by atoms with van der Waals surface area (Å²) in [5, 5.41) is 7.04. The Bertz CT molecular complexity index is 429. The van der Waals surface area contributed by atoms with Crippen molar-refractivity contribution in [3.05, 3.63) is 11.6 Å². The highest BCUT2D eigenvalue weighted by Gasteiger charge is 2.31. The van der Waals surface area contributed by atoms with E-state index >= 15 is 0 Å². The predicted molar refractivity (Wildman–Crippen MR) is 110 cm³/mol. The van der Waals surface area contributed by atoms with Crippen molar-refractivity contribution in [2.24, 2.45) is 4.99 Å². The van der Waals surface area contributed by atoms with Crippen molar-refractivity contribution in [2.45, 2.75) is 57.5 Å². The summed E-state index contributed by atoms with van der Waals surface area (Å²) in [4.78, 5) is 7.43. The minimum absolute atomic E-state index is 0. The van der Waals surface area contributed by atoms with Gasteiger partial charge in [-0.1, -0.05) is 11.6 Å². The lowest BCUT2D eigenvalue weighted by Crippen LogP contribution is -2.49. The summed E-state index contributed by atoms with van der Waals surface area (Å²) in [6.45, 7) is 8.05. The summed E-state index contributed by atoms with van der Waals surface area (Å²) >= 11 is 0.